The van der Waals surface area contributed by atoms with Crippen LogP contribution >= 0.6 is 0 Å². The molecule has 0 heterocycles. The van der Waals surface area contributed by atoms with Gasteiger partial charge in [-0.3, -0.25) is 4.79 Å². The maximum absolute atomic E-state index is 11.9. The van der Waals surface area contributed by atoms with Crippen molar-refractivity contribution in [3.63, 3.8) is 0 Å². The third-order valence-electron chi connectivity index (χ3n) is 2.62. The average molecular weight is 266 g/mol. The first-order chi connectivity index (χ1) is 8.99. The van der Waals surface area contributed by atoms with Gasteiger partial charge >= 0.3 is 5.97 Å². The number of rotatable bonds is 5. The molecule has 0 aromatic heterocycles. The Morgan fingerprint density at radius 3 is 2.32 bits per heavy atom. The van der Waals surface area contributed by atoms with Gasteiger partial charge in [-0.15, -0.1) is 0 Å². The van der Waals surface area contributed by atoms with Gasteiger partial charge in [0.2, 0.25) is 0 Å². The Balaban J connectivity index is 2.74. The lowest BCUT2D eigenvalue weighted by molar-refractivity contribution is -0.143. The SMILES string of the molecule is COC(=O)C(CO)NC(=O)c1ccc(N(C)C)cc1. The first kappa shape index (κ1) is 15.0. The molecular formula is C13H18N2O4. The fraction of sp³-hybridized carbons (Fsp3) is 0.385. The Morgan fingerprint density at radius 1 is 1.32 bits per heavy atom. The molecule has 1 atom stereocenters. The minimum Gasteiger partial charge on any atom is -0.467 e. The number of anilines is 1. The van der Waals surface area contributed by atoms with Crippen LogP contribution in [0.5, 0.6) is 0 Å². The Kier molecular flexibility index (Phi) is 5.32. The van der Waals surface area contributed by atoms with Crippen molar-refractivity contribution in [2.24, 2.45) is 0 Å². The Hall–Kier alpha value is -2.08. The summed E-state index contributed by atoms with van der Waals surface area (Å²) in [6.45, 7) is -0.506. The van der Waals surface area contributed by atoms with E-state index in [-0.39, 0.29) is 0 Å². The molecule has 0 aliphatic heterocycles. The highest BCUT2D eigenvalue weighted by molar-refractivity contribution is 5.97. The second kappa shape index (κ2) is 6.75. The zero-order valence-corrected chi connectivity index (χ0v) is 11.2. The molecule has 0 spiro atoms. The number of hydrogen-bond acceptors (Lipinski definition) is 5. The monoisotopic (exact) mass is 266 g/mol. The first-order valence-corrected chi connectivity index (χ1v) is 5.76. The number of ether oxygens (including phenoxy) is 1. The molecule has 0 aliphatic carbocycles. The summed E-state index contributed by atoms with van der Waals surface area (Å²) < 4.78 is 4.47. The Labute approximate surface area is 112 Å². The number of aliphatic hydroxyl groups excluding tert-OH is 1. The molecule has 1 unspecified atom stereocenters. The molecule has 1 rings (SSSR count). The standard InChI is InChI=1S/C13H18N2O4/c1-15(2)10-6-4-9(5-7-10)12(17)14-11(8-16)13(18)19-3/h4-7,11,16H,8H2,1-3H3,(H,14,17). The predicted molar refractivity (Wildman–Crippen MR) is 71.1 cm³/mol. The fourth-order valence-electron chi connectivity index (χ4n) is 1.47. The van der Waals surface area contributed by atoms with Gasteiger partial charge in [0.05, 0.1) is 13.7 Å². The number of nitrogens with zero attached hydrogens (tertiary/aromatic N) is 1. The van der Waals surface area contributed by atoms with E-state index in [2.05, 4.69) is 10.1 Å². The Bertz CT molecular complexity index is 442. The van der Waals surface area contributed by atoms with Crippen LogP contribution in [0.3, 0.4) is 0 Å². The number of nitrogens with one attached hydrogen (secondary N) is 1. The van der Waals surface area contributed by atoms with Crippen LogP contribution in [0.25, 0.3) is 0 Å². The molecule has 6 nitrogen and oxygen atoms in total. The van der Waals surface area contributed by atoms with E-state index in [1.54, 1.807) is 24.3 Å². The maximum atomic E-state index is 11.9. The van der Waals surface area contributed by atoms with Gasteiger partial charge in [0.15, 0.2) is 6.04 Å². The van der Waals surface area contributed by atoms with Gasteiger partial charge in [-0.2, -0.15) is 0 Å². The van der Waals surface area contributed by atoms with Crippen molar-refractivity contribution in [1.82, 2.24) is 5.32 Å². The van der Waals surface area contributed by atoms with E-state index in [4.69, 9.17) is 5.11 Å². The lowest BCUT2D eigenvalue weighted by Crippen LogP contribution is -2.44. The summed E-state index contributed by atoms with van der Waals surface area (Å²) in [4.78, 5) is 25.0. The minimum absolute atomic E-state index is 0.410. The number of carbonyl (C=O) groups is 2. The minimum atomic E-state index is -1.05. The van der Waals surface area contributed by atoms with Crippen LogP contribution in [0.15, 0.2) is 24.3 Å². The van der Waals surface area contributed by atoms with E-state index in [1.165, 1.54) is 7.11 Å². The molecule has 104 valence electrons. The molecule has 0 radical (unpaired) electrons. The molecule has 0 aliphatic rings. The van der Waals surface area contributed by atoms with E-state index in [1.807, 2.05) is 19.0 Å². The second-order valence-corrected chi connectivity index (χ2v) is 4.17. The van der Waals surface area contributed by atoms with Crippen molar-refractivity contribution in [3.8, 4) is 0 Å². The summed E-state index contributed by atoms with van der Waals surface area (Å²) in [5, 5.41) is 11.4. The molecule has 0 saturated carbocycles. The summed E-state index contributed by atoms with van der Waals surface area (Å²) in [5.74, 6) is -1.12. The number of methoxy groups -OCH3 is 1. The summed E-state index contributed by atoms with van der Waals surface area (Å²) >= 11 is 0. The van der Waals surface area contributed by atoms with Crippen molar-refractivity contribution in [1.29, 1.82) is 0 Å². The van der Waals surface area contributed by atoms with E-state index in [9.17, 15) is 9.59 Å². The van der Waals surface area contributed by atoms with Gasteiger partial charge in [-0.1, -0.05) is 0 Å². The number of aliphatic hydroxyl groups is 1. The molecule has 1 amide bonds. The molecule has 0 saturated heterocycles. The van der Waals surface area contributed by atoms with Crippen LogP contribution in [0, 0.1) is 0 Å². The van der Waals surface area contributed by atoms with Crippen LogP contribution in [0.1, 0.15) is 10.4 Å². The molecule has 1 aromatic rings. The lowest BCUT2D eigenvalue weighted by Gasteiger charge is -2.15. The maximum Gasteiger partial charge on any atom is 0.330 e. The van der Waals surface area contributed by atoms with Gasteiger partial charge in [-0.25, -0.2) is 4.79 Å². The van der Waals surface area contributed by atoms with E-state index >= 15 is 0 Å². The largest absolute Gasteiger partial charge is 0.467 e. The van der Waals surface area contributed by atoms with E-state index in [0.29, 0.717) is 5.56 Å². The van der Waals surface area contributed by atoms with Crippen LogP contribution in [-0.4, -0.2) is 50.8 Å². The molecule has 2 N–H and O–H groups in total. The zero-order chi connectivity index (χ0) is 14.4. The van der Waals surface area contributed by atoms with E-state index in [0.717, 1.165) is 5.69 Å². The summed E-state index contributed by atoms with van der Waals surface area (Å²) in [7, 11) is 4.99. The van der Waals surface area contributed by atoms with Gasteiger partial charge in [0, 0.05) is 25.3 Å². The van der Waals surface area contributed by atoms with Gasteiger partial charge < -0.3 is 20.1 Å². The number of hydrogen-bond donors (Lipinski definition) is 2. The highest BCUT2D eigenvalue weighted by atomic mass is 16.5. The van der Waals surface area contributed by atoms with Crippen LogP contribution < -0.4 is 10.2 Å². The molecule has 1 aromatic carbocycles. The van der Waals surface area contributed by atoms with Crippen molar-refractivity contribution < 1.29 is 19.4 Å². The smallest absolute Gasteiger partial charge is 0.330 e. The van der Waals surface area contributed by atoms with Crippen LogP contribution in [-0.2, 0) is 9.53 Å². The first-order valence-electron chi connectivity index (χ1n) is 5.76. The van der Waals surface area contributed by atoms with Gasteiger partial charge in [0.1, 0.15) is 0 Å². The Morgan fingerprint density at radius 2 is 1.89 bits per heavy atom. The third-order valence-corrected chi connectivity index (χ3v) is 2.62. The average Bonchev–Trinajstić information content (AvgIpc) is 2.43. The van der Waals surface area contributed by atoms with E-state index < -0.39 is 24.5 Å². The number of amides is 1. The number of carbonyl (C=O) groups excluding carboxylic acids is 2. The number of esters is 1. The third kappa shape index (κ3) is 3.96. The molecule has 6 heteroatoms. The van der Waals surface area contributed by atoms with Crippen LogP contribution in [0.2, 0.25) is 0 Å². The molecule has 0 fully saturated rings. The second-order valence-electron chi connectivity index (χ2n) is 4.17. The van der Waals surface area contributed by atoms with Crippen molar-refractivity contribution >= 4 is 17.6 Å². The predicted octanol–water partition coefficient (Wildman–Crippen LogP) is 0.0163. The quantitative estimate of drug-likeness (QED) is 0.734. The van der Waals surface area contributed by atoms with Crippen molar-refractivity contribution in [3.05, 3.63) is 29.8 Å². The topological polar surface area (TPSA) is 78.9 Å². The normalized spacial score (nSPS) is 11.6. The van der Waals surface area contributed by atoms with Gasteiger partial charge in [-0.05, 0) is 24.3 Å². The van der Waals surface area contributed by atoms with Gasteiger partial charge in [0.25, 0.3) is 5.91 Å². The highest BCUT2D eigenvalue weighted by Crippen LogP contribution is 2.12. The zero-order valence-electron chi connectivity index (χ0n) is 11.2. The van der Waals surface area contributed by atoms with Crippen molar-refractivity contribution in [2.75, 3.05) is 32.7 Å². The fourth-order valence-corrected chi connectivity index (χ4v) is 1.47. The summed E-state index contributed by atoms with van der Waals surface area (Å²) in [5.41, 5.74) is 1.37. The highest BCUT2D eigenvalue weighted by Gasteiger charge is 2.20. The van der Waals surface area contributed by atoms with Crippen LogP contribution in [0.4, 0.5) is 5.69 Å². The van der Waals surface area contributed by atoms with Crippen molar-refractivity contribution in [2.45, 2.75) is 6.04 Å². The molecule has 19 heavy (non-hydrogen) atoms. The lowest BCUT2D eigenvalue weighted by atomic mass is 10.1. The summed E-state index contributed by atoms with van der Waals surface area (Å²) in [6, 6.07) is 5.83. The molecular weight excluding hydrogens is 248 g/mol. The number of benzene rings is 1. The molecule has 0 bridgehead atoms. The summed E-state index contributed by atoms with van der Waals surface area (Å²) in [6.07, 6.45) is 0.